The van der Waals surface area contributed by atoms with E-state index in [9.17, 15) is 18.0 Å². The van der Waals surface area contributed by atoms with E-state index >= 15 is 0 Å². The van der Waals surface area contributed by atoms with Crippen molar-refractivity contribution in [2.45, 2.75) is 24.3 Å². The number of carbonyl (C=O) groups is 2. The van der Waals surface area contributed by atoms with Crippen LogP contribution < -0.4 is 9.62 Å². The van der Waals surface area contributed by atoms with E-state index in [0.29, 0.717) is 5.69 Å². The summed E-state index contributed by atoms with van der Waals surface area (Å²) in [4.78, 5) is 27.8. The second-order valence-corrected chi connectivity index (χ2v) is 8.07. The van der Waals surface area contributed by atoms with Crippen LogP contribution in [0.5, 0.6) is 0 Å². The van der Waals surface area contributed by atoms with Crippen molar-refractivity contribution in [3.8, 4) is 0 Å². The number of aromatic nitrogens is 1. The third-order valence-corrected chi connectivity index (χ3v) is 6.00. The number of H-pyrrole nitrogens is 1. The molecule has 1 aromatic heterocycles. The summed E-state index contributed by atoms with van der Waals surface area (Å²) in [6.07, 6.45) is 2.15. The van der Waals surface area contributed by atoms with Crippen LogP contribution in [0.4, 0.5) is 5.69 Å². The van der Waals surface area contributed by atoms with Crippen LogP contribution in [0.25, 0.3) is 10.9 Å². The Hall–Kier alpha value is -2.97. The molecular formula is C19H17N3O4S. The highest BCUT2D eigenvalue weighted by atomic mass is 32.2. The van der Waals surface area contributed by atoms with Crippen LogP contribution >= 0.6 is 0 Å². The van der Waals surface area contributed by atoms with Crippen LogP contribution in [-0.2, 0) is 26.2 Å². The molecule has 3 aromatic rings. The van der Waals surface area contributed by atoms with E-state index in [-0.39, 0.29) is 36.1 Å². The zero-order valence-electron chi connectivity index (χ0n) is 14.3. The average molecular weight is 383 g/mol. The fourth-order valence-electron chi connectivity index (χ4n) is 3.17. The average Bonchev–Trinajstić information content (AvgIpc) is 3.23. The quantitative estimate of drug-likeness (QED) is 0.661. The number of aromatic amines is 1. The maximum Gasteiger partial charge on any atom is 0.240 e. The number of carbonyl (C=O) groups excluding carboxylic acids is 2. The molecule has 1 saturated heterocycles. The number of anilines is 1. The van der Waals surface area contributed by atoms with Gasteiger partial charge in [0.1, 0.15) is 0 Å². The lowest BCUT2D eigenvalue weighted by Crippen LogP contribution is -2.28. The first kappa shape index (κ1) is 17.4. The normalized spacial score (nSPS) is 15.0. The fourth-order valence-corrected chi connectivity index (χ4v) is 4.18. The predicted molar refractivity (Wildman–Crippen MR) is 100 cm³/mol. The molecule has 2 amide bonds. The van der Waals surface area contributed by atoms with Crippen molar-refractivity contribution < 1.29 is 18.0 Å². The monoisotopic (exact) mass is 383 g/mol. The summed E-state index contributed by atoms with van der Waals surface area (Å²) in [7, 11) is -3.72. The second kappa shape index (κ2) is 6.64. The van der Waals surface area contributed by atoms with E-state index in [1.165, 1.54) is 24.3 Å². The Morgan fingerprint density at radius 1 is 0.963 bits per heavy atom. The lowest BCUT2D eigenvalue weighted by atomic mass is 10.2. The number of hydrogen-bond acceptors (Lipinski definition) is 4. The maximum absolute atomic E-state index is 12.6. The number of nitrogens with one attached hydrogen (secondary N) is 2. The Balaban J connectivity index is 1.52. The van der Waals surface area contributed by atoms with Crippen LogP contribution in [0.1, 0.15) is 18.4 Å². The topological polar surface area (TPSA) is 99.3 Å². The van der Waals surface area contributed by atoms with Gasteiger partial charge in [0.05, 0.1) is 10.6 Å². The van der Waals surface area contributed by atoms with E-state index in [1.807, 2.05) is 24.3 Å². The Morgan fingerprint density at radius 2 is 1.63 bits per heavy atom. The molecule has 4 rings (SSSR count). The summed E-state index contributed by atoms with van der Waals surface area (Å²) >= 11 is 0. The number of nitrogens with zero attached hydrogens (tertiary/aromatic N) is 1. The molecule has 0 atom stereocenters. The molecule has 2 aromatic carbocycles. The molecule has 0 bridgehead atoms. The lowest BCUT2D eigenvalue weighted by molar-refractivity contribution is -0.121. The van der Waals surface area contributed by atoms with Crippen molar-refractivity contribution in [1.29, 1.82) is 0 Å². The van der Waals surface area contributed by atoms with Crippen molar-refractivity contribution in [2.75, 3.05) is 4.90 Å². The van der Waals surface area contributed by atoms with Crippen LogP contribution in [0, 0.1) is 0 Å². The number of para-hydroxylation sites is 1. The molecule has 0 radical (unpaired) electrons. The first-order chi connectivity index (χ1) is 13.0. The van der Waals surface area contributed by atoms with Gasteiger partial charge in [-0.15, -0.1) is 0 Å². The number of sulfonamides is 1. The van der Waals surface area contributed by atoms with Gasteiger partial charge in [0.25, 0.3) is 0 Å². The predicted octanol–water partition coefficient (Wildman–Crippen LogP) is 2.30. The Labute approximate surface area is 156 Å². The van der Waals surface area contributed by atoms with Gasteiger partial charge < -0.3 is 4.98 Å². The van der Waals surface area contributed by atoms with Crippen LogP contribution in [0.2, 0.25) is 0 Å². The van der Waals surface area contributed by atoms with E-state index in [2.05, 4.69) is 9.71 Å². The summed E-state index contributed by atoms with van der Waals surface area (Å²) in [6, 6.07) is 13.4. The molecule has 1 fully saturated rings. The SMILES string of the molecule is O=C1CCC(=O)N1c1ccc(S(=O)(=O)NCc2c[nH]c3ccccc23)cc1. The minimum atomic E-state index is -3.72. The molecule has 138 valence electrons. The van der Waals surface area contributed by atoms with E-state index in [4.69, 9.17) is 0 Å². The number of amides is 2. The number of rotatable bonds is 5. The largest absolute Gasteiger partial charge is 0.361 e. The standard InChI is InChI=1S/C19H17N3O4S/c23-18-9-10-19(24)22(18)14-5-7-15(8-6-14)27(25,26)21-12-13-11-20-17-4-2-1-3-16(13)17/h1-8,11,20-21H,9-10,12H2. The van der Waals surface area contributed by atoms with Gasteiger partial charge >= 0.3 is 0 Å². The van der Waals surface area contributed by atoms with Crippen LogP contribution in [-0.4, -0.2) is 25.2 Å². The molecule has 0 spiro atoms. The van der Waals surface area contributed by atoms with Crippen molar-refractivity contribution in [3.63, 3.8) is 0 Å². The summed E-state index contributed by atoms with van der Waals surface area (Å²) in [5.74, 6) is -0.541. The molecule has 7 nitrogen and oxygen atoms in total. The molecule has 1 aliphatic rings. The van der Waals surface area contributed by atoms with Crippen molar-refractivity contribution in [3.05, 3.63) is 60.3 Å². The Morgan fingerprint density at radius 3 is 2.33 bits per heavy atom. The van der Waals surface area contributed by atoms with Crippen molar-refractivity contribution >= 4 is 38.4 Å². The number of benzene rings is 2. The summed E-state index contributed by atoms with van der Waals surface area (Å²) in [5, 5.41) is 0.960. The zero-order chi connectivity index (χ0) is 19.0. The van der Waals surface area contributed by atoms with Gasteiger partial charge in [0.15, 0.2) is 0 Å². The third-order valence-electron chi connectivity index (χ3n) is 4.58. The molecule has 0 aliphatic carbocycles. The highest BCUT2D eigenvalue weighted by Crippen LogP contribution is 2.24. The molecule has 0 saturated carbocycles. The zero-order valence-corrected chi connectivity index (χ0v) is 15.1. The number of imide groups is 1. The van der Waals surface area contributed by atoms with Crippen LogP contribution in [0.15, 0.2) is 59.6 Å². The van der Waals surface area contributed by atoms with Gasteiger partial charge in [-0.3, -0.25) is 14.5 Å². The molecular weight excluding hydrogens is 366 g/mol. The molecule has 2 N–H and O–H groups in total. The molecule has 8 heteroatoms. The minimum absolute atomic E-state index is 0.0742. The Bertz CT molecular complexity index is 1120. The molecule has 0 unspecified atom stereocenters. The number of hydrogen-bond donors (Lipinski definition) is 2. The van der Waals surface area contributed by atoms with E-state index in [1.54, 1.807) is 6.20 Å². The van der Waals surface area contributed by atoms with Crippen LogP contribution in [0.3, 0.4) is 0 Å². The van der Waals surface area contributed by atoms with Crippen molar-refractivity contribution in [1.82, 2.24) is 9.71 Å². The van der Waals surface area contributed by atoms with Gasteiger partial charge in [-0.2, -0.15) is 0 Å². The number of fused-ring (bicyclic) bond motifs is 1. The van der Waals surface area contributed by atoms with E-state index in [0.717, 1.165) is 21.4 Å². The third kappa shape index (κ3) is 3.24. The maximum atomic E-state index is 12.6. The first-order valence-electron chi connectivity index (χ1n) is 8.46. The van der Waals surface area contributed by atoms with Gasteiger partial charge in [-0.25, -0.2) is 13.1 Å². The Kier molecular flexibility index (Phi) is 4.29. The van der Waals surface area contributed by atoms with Crippen molar-refractivity contribution in [2.24, 2.45) is 0 Å². The second-order valence-electron chi connectivity index (χ2n) is 6.30. The minimum Gasteiger partial charge on any atom is -0.361 e. The first-order valence-corrected chi connectivity index (χ1v) is 9.94. The summed E-state index contributed by atoms with van der Waals surface area (Å²) in [5.41, 5.74) is 2.17. The summed E-state index contributed by atoms with van der Waals surface area (Å²) in [6.45, 7) is 0.150. The van der Waals surface area contributed by atoms with Gasteiger partial charge in [-0.1, -0.05) is 18.2 Å². The molecule has 1 aliphatic heterocycles. The molecule has 27 heavy (non-hydrogen) atoms. The fraction of sp³-hybridized carbons (Fsp3) is 0.158. The van der Waals surface area contributed by atoms with Gasteiger partial charge in [0.2, 0.25) is 21.8 Å². The summed E-state index contributed by atoms with van der Waals surface area (Å²) < 4.78 is 27.7. The lowest BCUT2D eigenvalue weighted by Gasteiger charge is -2.14. The highest BCUT2D eigenvalue weighted by molar-refractivity contribution is 7.89. The van der Waals surface area contributed by atoms with Gasteiger partial charge in [-0.05, 0) is 35.9 Å². The highest BCUT2D eigenvalue weighted by Gasteiger charge is 2.30. The van der Waals surface area contributed by atoms with Gasteiger partial charge in [0, 0.05) is 36.5 Å². The smallest absolute Gasteiger partial charge is 0.240 e. The molecule has 2 heterocycles. The van der Waals surface area contributed by atoms with E-state index < -0.39 is 10.0 Å².